The summed E-state index contributed by atoms with van der Waals surface area (Å²) in [5.41, 5.74) is 9.54. The first-order chi connectivity index (χ1) is 30.2. The number of pyridine rings is 1. The van der Waals surface area contributed by atoms with E-state index in [4.69, 9.17) is 24.2 Å². The lowest BCUT2D eigenvalue weighted by Crippen LogP contribution is -2.61. The van der Waals surface area contributed by atoms with Crippen LogP contribution >= 0.6 is 11.3 Å². The van der Waals surface area contributed by atoms with E-state index >= 15 is 0 Å². The van der Waals surface area contributed by atoms with Gasteiger partial charge in [0, 0.05) is 97.4 Å². The molecule has 2 amide bonds. The van der Waals surface area contributed by atoms with Crippen molar-refractivity contribution in [2.75, 3.05) is 60.1 Å². The summed E-state index contributed by atoms with van der Waals surface area (Å²) in [5, 5.41) is 8.38. The molecule has 3 aromatic heterocycles. The van der Waals surface area contributed by atoms with Crippen LogP contribution in [0.2, 0.25) is 0 Å². The van der Waals surface area contributed by atoms with Gasteiger partial charge in [-0.25, -0.2) is 10.4 Å². The monoisotopic (exact) mass is 882 g/mol. The van der Waals surface area contributed by atoms with Gasteiger partial charge < -0.3 is 29.0 Å². The highest BCUT2D eigenvalue weighted by Gasteiger charge is 2.50. The fourth-order valence-electron chi connectivity index (χ4n) is 9.76. The van der Waals surface area contributed by atoms with Crippen LogP contribution in [0, 0.1) is 23.2 Å². The molecule has 2 unspecified atom stereocenters. The van der Waals surface area contributed by atoms with Crippen molar-refractivity contribution in [3.8, 4) is 22.5 Å². The van der Waals surface area contributed by atoms with Crippen molar-refractivity contribution in [1.82, 2.24) is 40.1 Å². The number of amides is 2. The number of ether oxygens (including phenoxy) is 3. The number of esters is 1. The Morgan fingerprint density at radius 1 is 1.10 bits per heavy atom. The molecule has 2 N–H and O–H groups in total. The number of nitrogens with zero attached hydrogens (tertiary/aromatic N) is 6. The number of likely N-dealkylation sites (N-methyl/N-ethyl adjacent to an activating group) is 1. The predicted molar refractivity (Wildman–Crippen MR) is 245 cm³/mol. The van der Waals surface area contributed by atoms with Crippen molar-refractivity contribution in [2.45, 2.75) is 105 Å². The van der Waals surface area contributed by atoms with Crippen LogP contribution in [0.5, 0.6) is 0 Å². The number of aryl methyl sites for hydroxylation is 1. The number of thiazole rings is 1. The quantitative estimate of drug-likeness (QED) is 0.175. The molecule has 0 spiro atoms. The van der Waals surface area contributed by atoms with Crippen LogP contribution in [0.4, 0.5) is 0 Å². The van der Waals surface area contributed by atoms with E-state index in [2.05, 4.69) is 98.0 Å². The number of nitrogens with one attached hydrogen (secondary N) is 2. The van der Waals surface area contributed by atoms with Crippen LogP contribution in [0.1, 0.15) is 89.8 Å². The fourth-order valence-corrected chi connectivity index (χ4v) is 10.7. The Balaban J connectivity index is 1.26. The van der Waals surface area contributed by atoms with Gasteiger partial charge in [0.05, 0.1) is 36.4 Å². The van der Waals surface area contributed by atoms with Crippen LogP contribution in [0.15, 0.2) is 41.9 Å². The molecule has 6 heterocycles. The van der Waals surface area contributed by atoms with Crippen LogP contribution in [0.3, 0.4) is 0 Å². The molecule has 0 radical (unpaired) electrons. The number of cyclic esters (lactones) is 1. The summed E-state index contributed by atoms with van der Waals surface area (Å²) in [7, 11) is 3.84. The lowest BCUT2D eigenvalue weighted by atomic mass is 9.84. The molecule has 8 atom stereocenters. The van der Waals surface area contributed by atoms with Gasteiger partial charge in [0.2, 0.25) is 5.91 Å². The first kappa shape index (κ1) is 45.3. The molecule has 8 rings (SSSR count). The van der Waals surface area contributed by atoms with Gasteiger partial charge in [-0.3, -0.25) is 29.3 Å². The third-order valence-corrected chi connectivity index (χ3v) is 15.0. The second kappa shape index (κ2) is 18.7. The zero-order valence-corrected chi connectivity index (χ0v) is 39.3. The standard InChI is InChI=1S/C48H66N8O6S/c1-10-55-38-16-15-32-23-34(38)35(42(55)33-13-11-17-49-40(33)31(5)60-9)24-48(6,7)27-62-47(59)36-14-12-18-56(52-36)46(58)41(51-44(57)39-29(3)30(39)4)43(45-50-37(32)26-63-45)61-25-28(2)54-21-19-53(8)20-22-54/h11,13,15-17,23,26,28-31,36,39,41,43,52H,10,12,14,18-22,24-25,27H2,1-9H3,(H,51,57)/t28-,29-,30+,31-,36-,39?,41-,43?/m0/s1. The van der Waals surface area contributed by atoms with E-state index in [0.29, 0.717) is 44.0 Å². The summed E-state index contributed by atoms with van der Waals surface area (Å²) in [6.45, 7) is 20.0. The lowest BCUT2D eigenvalue weighted by molar-refractivity contribution is -0.157. The number of hydrogen-bond donors (Lipinski definition) is 2. The van der Waals surface area contributed by atoms with Crippen molar-refractivity contribution in [2.24, 2.45) is 23.2 Å². The number of piperazine rings is 1. The van der Waals surface area contributed by atoms with E-state index in [-0.39, 0.29) is 48.3 Å². The molecule has 14 nitrogen and oxygen atoms in total. The highest BCUT2D eigenvalue weighted by Crippen LogP contribution is 2.46. The third-order valence-electron chi connectivity index (χ3n) is 14.0. The van der Waals surface area contributed by atoms with Crippen molar-refractivity contribution in [3.63, 3.8) is 0 Å². The highest BCUT2D eigenvalue weighted by atomic mass is 32.1. The van der Waals surface area contributed by atoms with E-state index in [1.807, 2.05) is 24.6 Å². The van der Waals surface area contributed by atoms with Gasteiger partial charge >= 0.3 is 5.97 Å². The molecule has 1 saturated carbocycles. The van der Waals surface area contributed by atoms with Crippen LogP contribution < -0.4 is 10.7 Å². The van der Waals surface area contributed by atoms with Crippen molar-refractivity contribution < 1.29 is 28.6 Å². The lowest BCUT2D eigenvalue weighted by Gasteiger charge is -2.38. The summed E-state index contributed by atoms with van der Waals surface area (Å²) in [6.07, 6.45) is 2.36. The summed E-state index contributed by atoms with van der Waals surface area (Å²) in [4.78, 5) is 57.9. The maximum atomic E-state index is 15.0. The zero-order valence-electron chi connectivity index (χ0n) is 38.5. The smallest absolute Gasteiger partial charge is 0.324 e. The summed E-state index contributed by atoms with van der Waals surface area (Å²) >= 11 is 1.44. The van der Waals surface area contributed by atoms with Gasteiger partial charge in [0.15, 0.2) is 0 Å². The van der Waals surface area contributed by atoms with Gasteiger partial charge in [0.25, 0.3) is 5.91 Å². The topological polar surface area (TPSA) is 143 Å². The van der Waals surface area contributed by atoms with Gasteiger partial charge in [0.1, 0.15) is 23.2 Å². The molecular formula is C48H66N8O6S. The number of hydrogen-bond acceptors (Lipinski definition) is 12. The second-order valence-corrected chi connectivity index (χ2v) is 20.0. The van der Waals surface area contributed by atoms with E-state index in [0.717, 1.165) is 70.9 Å². The normalized spacial score (nSPS) is 26.8. The van der Waals surface area contributed by atoms with E-state index < -0.39 is 29.6 Å². The third kappa shape index (κ3) is 9.32. The number of hydrazine groups is 1. The van der Waals surface area contributed by atoms with Crippen molar-refractivity contribution >= 4 is 40.0 Å². The maximum absolute atomic E-state index is 15.0. The Morgan fingerprint density at radius 2 is 1.86 bits per heavy atom. The van der Waals surface area contributed by atoms with Crippen LogP contribution in [-0.4, -0.2) is 125 Å². The fraction of sp³-hybridized carbons (Fsp3) is 0.604. The molecule has 15 heteroatoms. The Morgan fingerprint density at radius 3 is 2.57 bits per heavy atom. The minimum absolute atomic E-state index is 0.0578. The second-order valence-electron chi connectivity index (χ2n) is 19.1. The Bertz CT molecular complexity index is 2290. The Hall–Kier alpha value is -4.25. The summed E-state index contributed by atoms with van der Waals surface area (Å²) in [5.74, 6) is -0.749. The first-order valence-corrected chi connectivity index (χ1v) is 23.7. The zero-order chi connectivity index (χ0) is 44.7. The molecule has 3 fully saturated rings. The number of fused-ring (bicyclic) bond motifs is 6. The van der Waals surface area contributed by atoms with E-state index in [1.165, 1.54) is 16.3 Å². The number of methoxy groups -OCH3 is 1. The van der Waals surface area contributed by atoms with E-state index in [1.54, 1.807) is 7.11 Å². The van der Waals surface area contributed by atoms with Crippen LogP contribution in [-0.2, 0) is 41.6 Å². The Kier molecular flexibility index (Phi) is 13.4. The van der Waals surface area contributed by atoms with E-state index in [9.17, 15) is 14.4 Å². The molecule has 4 aromatic rings. The Labute approximate surface area is 376 Å². The average Bonchev–Trinajstić information content (AvgIpc) is 3.56. The number of aromatic nitrogens is 3. The minimum Gasteiger partial charge on any atom is -0.464 e. The van der Waals surface area contributed by atoms with Crippen molar-refractivity contribution in [1.29, 1.82) is 0 Å². The number of carbonyl (C=O) groups is 3. The largest absolute Gasteiger partial charge is 0.464 e. The number of benzene rings is 1. The van der Waals surface area contributed by atoms with Gasteiger partial charge in [-0.05, 0) is 88.7 Å². The molecule has 1 aliphatic carbocycles. The van der Waals surface area contributed by atoms with Gasteiger partial charge in [-0.2, -0.15) is 0 Å². The molecule has 4 aliphatic rings. The molecule has 2 saturated heterocycles. The number of rotatable bonds is 10. The van der Waals surface area contributed by atoms with Gasteiger partial charge in [-0.15, -0.1) is 11.3 Å². The molecule has 340 valence electrons. The summed E-state index contributed by atoms with van der Waals surface area (Å²) < 4.78 is 21.3. The highest BCUT2D eigenvalue weighted by molar-refractivity contribution is 7.10. The molecular weight excluding hydrogens is 817 g/mol. The first-order valence-electron chi connectivity index (χ1n) is 22.9. The molecule has 6 bridgehead atoms. The predicted octanol–water partition coefficient (Wildman–Crippen LogP) is 6.26. The average molecular weight is 883 g/mol. The van der Waals surface area contributed by atoms with Crippen molar-refractivity contribution in [3.05, 3.63) is 58.2 Å². The van der Waals surface area contributed by atoms with Crippen LogP contribution in [0.25, 0.3) is 33.4 Å². The number of carbonyl (C=O) groups excluding carboxylic acids is 3. The summed E-state index contributed by atoms with van der Waals surface area (Å²) in [6, 6.07) is 8.79. The molecule has 3 aliphatic heterocycles. The maximum Gasteiger partial charge on any atom is 0.324 e. The minimum atomic E-state index is -1.10. The molecule has 63 heavy (non-hydrogen) atoms. The molecule has 1 aromatic carbocycles. The van der Waals surface area contributed by atoms with Gasteiger partial charge in [-0.1, -0.05) is 33.8 Å². The SMILES string of the molecule is CCn1c(-c2cccnc2[C@H](C)OC)c2c3cc(ccc31)-c1csc(n1)C(OC[C@H](C)N1CCN(C)CC1)[C@H](NC(=O)C1[C@@H](C)[C@H]1C)C(=O)N1CCC[C@H](N1)C(=O)OCC(C)(C)C2.